The van der Waals surface area contributed by atoms with E-state index in [0.717, 1.165) is 24.4 Å². The van der Waals surface area contributed by atoms with Gasteiger partial charge in [0.25, 0.3) is 0 Å². The quantitative estimate of drug-likeness (QED) is 0.551. The molecule has 0 saturated heterocycles. The van der Waals surface area contributed by atoms with E-state index in [0.29, 0.717) is 11.5 Å². The Morgan fingerprint density at radius 2 is 1.45 bits per heavy atom. The maximum atomic E-state index is 10.1. The van der Waals surface area contributed by atoms with Crippen molar-refractivity contribution >= 4 is 12.2 Å². The van der Waals surface area contributed by atoms with Gasteiger partial charge >= 0.3 is 0 Å². The molecule has 0 fully saturated rings. The van der Waals surface area contributed by atoms with Crippen LogP contribution in [0.2, 0.25) is 0 Å². The Morgan fingerprint density at radius 3 is 1.86 bits per heavy atom. The van der Waals surface area contributed by atoms with Crippen LogP contribution in [0.1, 0.15) is 48.7 Å². The van der Waals surface area contributed by atoms with Gasteiger partial charge in [-0.1, -0.05) is 13.3 Å². The van der Waals surface area contributed by atoms with Crippen molar-refractivity contribution in [2.24, 2.45) is 9.98 Å². The van der Waals surface area contributed by atoms with E-state index in [9.17, 15) is 9.59 Å². The van der Waals surface area contributed by atoms with Crippen LogP contribution in [-0.2, 0) is 22.7 Å². The van der Waals surface area contributed by atoms with Crippen LogP contribution in [0.25, 0.3) is 0 Å². The summed E-state index contributed by atoms with van der Waals surface area (Å²) >= 11 is 0. The molecular formula is C16H16N2O4. The number of furan rings is 2. The maximum Gasteiger partial charge on any atom is 0.235 e. The second-order valence-electron chi connectivity index (χ2n) is 4.76. The Hall–Kier alpha value is -2.68. The average Bonchev–Trinajstić information content (AvgIpc) is 3.18. The second-order valence-corrected chi connectivity index (χ2v) is 4.76. The highest BCUT2D eigenvalue weighted by Crippen LogP contribution is 2.32. The summed E-state index contributed by atoms with van der Waals surface area (Å²) in [6, 6.07) is 7.31. The summed E-state index contributed by atoms with van der Waals surface area (Å²) in [6.07, 6.45) is 4.79. The Balaban J connectivity index is 2.21. The molecule has 22 heavy (non-hydrogen) atoms. The van der Waals surface area contributed by atoms with E-state index in [-0.39, 0.29) is 19.0 Å². The van der Waals surface area contributed by atoms with Gasteiger partial charge in [-0.15, -0.1) is 0 Å². The van der Waals surface area contributed by atoms with Crippen LogP contribution in [0.4, 0.5) is 0 Å². The van der Waals surface area contributed by atoms with Crippen LogP contribution in [0.3, 0.4) is 0 Å². The van der Waals surface area contributed by atoms with Gasteiger partial charge in [0.05, 0.1) is 5.92 Å². The number of aliphatic imine (C=N–C) groups is 2. The molecule has 6 heteroatoms. The van der Waals surface area contributed by atoms with Gasteiger partial charge in [0.1, 0.15) is 36.1 Å². The summed E-state index contributed by atoms with van der Waals surface area (Å²) in [7, 11) is 0. The van der Waals surface area contributed by atoms with E-state index in [2.05, 4.69) is 16.9 Å². The summed E-state index contributed by atoms with van der Waals surface area (Å²) < 4.78 is 11.5. The van der Waals surface area contributed by atoms with Gasteiger partial charge in [-0.25, -0.2) is 9.59 Å². The Labute approximate surface area is 127 Å². The Bertz CT molecular complexity index is 645. The Kier molecular flexibility index (Phi) is 5.66. The fourth-order valence-corrected chi connectivity index (χ4v) is 2.27. The van der Waals surface area contributed by atoms with E-state index in [1.165, 1.54) is 12.2 Å². The molecule has 2 heterocycles. The van der Waals surface area contributed by atoms with Crippen molar-refractivity contribution in [3.63, 3.8) is 0 Å². The fourth-order valence-electron chi connectivity index (χ4n) is 2.27. The zero-order chi connectivity index (χ0) is 15.8. The number of hydrogen-bond donors (Lipinski definition) is 0. The molecule has 0 aromatic carbocycles. The summed E-state index contributed by atoms with van der Waals surface area (Å²) in [5.41, 5.74) is 0. The third kappa shape index (κ3) is 3.92. The molecule has 2 aromatic rings. The zero-order valence-corrected chi connectivity index (χ0v) is 12.2. The molecule has 0 radical (unpaired) electrons. The number of rotatable bonds is 8. The van der Waals surface area contributed by atoms with E-state index in [1.807, 2.05) is 12.1 Å². The van der Waals surface area contributed by atoms with E-state index in [4.69, 9.17) is 8.83 Å². The molecule has 0 atom stereocenters. The molecule has 0 aliphatic carbocycles. The molecule has 0 aliphatic heterocycles. The van der Waals surface area contributed by atoms with Gasteiger partial charge in [-0.3, -0.25) is 0 Å². The highest BCUT2D eigenvalue weighted by atomic mass is 16.4. The SMILES string of the molecule is CCCC(c1ccc(CN=C=O)o1)c1ccc(CN=C=O)o1. The van der Waals surface area contributed by atoms with Crippen LogP contribution in [0.15, 0.2) is 43.1 Å². The minimum absolute atomic E-state index is 0.0204. The lowest BCUT2D eigenvalue weighted by atomic mass is 9.98. The van der Waals surface area contributed by atoms with Crippen LogP contribution in [0.5, 0.6) is 0 Å². The number of isocyanates is 2. The third-order valence-electron chi connectivity index (χ3n) is 3.23. The molecular weight excluding hydrogens is 284 g/mol. The summed E-state index contributed by atoms with van der Waals surface area (Å²) in [4.78, 5) is 27.3. The molecule has 0 aliphatic rings. The van der Waals surface area contributed by atoms with Gasteiger partial charge in [0, 0.05) is 0 Å². The molecule has 0 unspecified atom stereocenters. The molecule has 114 valence electrons. The fraction of sp³-hybridized carbons (Fsp3) is 0.375. The Morgan fingerprint density at radius 1 is 0.955 bits per heavy atom. The van der Waals surface area contributed by atoms with E-state index in [1.54, 1.807) is 12.1 Å². The minimum Gasteiger partial charge on any atom is -0.463 e. The van der Waals surface area contributed by atoms with Gasteiger partial charge in [-0.05, 0) is 30.7 Å². The molecule has 2 aromatic heterocycles. The molecule has 0 N–H and O–H groups in total. The topological polar surface area (TPSA) is 85.1 Å². The predicted molar refractivity (Wildman–Crippen MR) is 77.8 cm³/mol. The standard InChI is InChI=1S/C16H16N2O4/c1-2-3-14(15-6-4-12(21-15)8-17-10-19)16-7-5-13(22-16)9-18-11-20/h4-7,14H,2-3,8-9H2,1H3. The molecule has 0 spiro atoms. The number of nitrogens with zero attached hydrogens (tertiary/aromatic N) is 2. The second kappa shape index (κ2) is 7.93. The van der Waals surface area contributed by atoms with E-state index >= 15 is 0 Å². The van der Waals surface area contributed by atoms with Gasteiger partial charge in [0.2, 0.25) is 12.2 Å². The molecule has 0 saturated carbocycles. The summed E-state index contributed by atoms with van der Waals surface area (Å²) in [5, 5.41) is 0. The number of carbonyl (C=O) groups excluding carboxylic acids is 2. The van der Waals surface area contributed by atoms with Crippen LogP contribution < -0.4 is 0 Å². The molecule has 0 amide bonds. The van der Waals surface area contributed by atoms with Crippen molar-refractivity contribution < 1.29 is 18.4 Å². The van der Waals surface area contributed by atoms with Crippen molar-refractivity contribution in [1.29, 1.82) is 0 Å². The summed E-state index contributed by atoms with van der Waals surface area (Å²) in [5.74, 6) is 2.72. The smallest absolute Gasteiger partial charge is 0.235 e. The normalized spacial score (nSPS) is 11.5. The van der Waals surface area contributed by atoms with Crippen molar-refractivity contribution in [2.75, 3.05) is 0 Å². The van der Waals surface area contributed by atoms with Crippen LogP contribution in [-0.4, -0.2) is 12.2 Å². The lowest BCUT2D eigenvalue weighted by Gasteiger charge is -2.10. The zero-order valence-electron chi connectivity index (χ0n) is 12.2. The first-order valence-corrected chi connectivity index (χ1v) is 7.03. The monoisotopic (exact) mass is 300 g/mol. The van der Waals surface area contributed by atoms with Crippen LogP contribution in [0, 0.1) is 0 Å². The number of hydrogen-bond acceptors (Lipinski definition) is 6. The third-order valence-corrected chi connectivity index (χ3v) is 3.23. The lowest BCUT2D eigenvalue weighted by molar-refractivity contribution is 0.386. The highest BCUT2D eigenvalue weighted by Gasteiger charge is 2.21. The van der Waals surface area contributed by atoms with Crippen molar-refractivity contribution in [2.45, 2.75) is 38.8 Å². The van der Waals surface area contributed by atoms with Crippen molar-refractivity contribution in [3.8, 4) is 0 Å². The highest BCUT2D eigenvalue weighted by molar-refractivity contribution is 5.33. The minimum atomic E-state index is -0.0204. The van der Waals surface area contributed by atoms with Gasteiger partial charge in [-0.2, -0.15) is 9.98 Å². The van der Waals surface area contributed by atoms with Crippen molar-refractivity contribution in [1.82, 2.24) is 0 Å². The van der Waals surface area contributed by atoms with Gasteiger partial charge < -0.3 is 8.83 Å². The molecule has 6 nitrogen and oxygen atoms in total. The van der Waals surface area contributed by atoms with E-state index < -0.39 is 0 Å². The van der Waals surface area contributed by atoms with Crippen molar-refractivity contribution in [3.05, 3.63) is 47.3 Å². The largest absolute Gasteiger partial charge is 0.463 e. The maximum absolute atomic E-state index is 10.1. The van der Waals surface area contributed by atoms with Gasteiger partial charge in [0.15, 0.2) is 0 Å². The van der Waals surface area contributed by atoms with Crippen LogP contribution >= 0.6 is 0 Å². The summed E-state index contributed by atoms with van der Waals surface area (Å²) in [6.45, 7) is 2.44. The lowest BCUT2D eigenvalue weighted by Crippen LogP contribution is -1.98. The molecule has 0 bridgehead atoms. The first kappa shape index (κ1) is 15.7. The first-order chi connectivity index (χ1) is 10.8. The average molecular weight is 300 g/mol. The molecule has 2 rings (SSSR count). The first-order valence-electron chi connectivity index (χ1n) is 7.03. The predicted octanol–water partition coefficient (Wildman–Crippen LogP) is 3.48.